The first kappa shape index (κ1) is 16.6. The van der Waals surface area contributed by atoms with E-state index >= 15 is 0 Å². The lowest BCUT2D eigenvalue weighted by Crippen LogP contribution is -2.13. The SMILES string of the molecule is CCCCC(CC)Cn1c(C(C)Cl)nc2cccc(Cl)c21. The van der Waals surface area contributed by atoms with E-state index in [0.717, 1.165) is 28.4 Å². The molecule has 2 nitrogen and oxygen atoms in total. The van der Waals surface area contributed by atoms with Crippen LogP contribution >= 0.6 is 23.2 Å². The third-order valence-corrected chi connectivity index (χ3v) is 4.59. The second-order valence-electron chi connectivity index (χ2n) is 5.72. The van der Waals surface area contributed by atoms with Crippen molar-refractivity contribution in [1.82, 2.24) is 9.55 Å². The van der Waals surface area contributed by atoms with E-state index in [9.17, 15) is 0 Å². The normalized spacial score (nSPS) is 14.5. The number of fused-ring (bicyclic) bond motifs is 1. The van der Waals surface area contributed by atoms with Gasteiger partial charge in [0.1, 0.15) is 5.82 Å². The van der Waals surface area contributed by atoms with Crippen molar-refractivity contribution in [2.45, 2.75) is 58.4 Å². The highest BCUT2D eigenvalue weighted by Gasteiger charge is 2.19. The van der Waals surface area contributed by atoms with Crippen LogP contribution in [-0.2, 0) is 6.54 Å². The first-order valence-electron chi connectivity index (χ1n) is 7.87. The van der Waals surface area contributed by atoms with E-state index in [-0.39, 0.29) is 5.38 Å². The average molecular weight is 327 g/mol. The van der Waals surface area contributed by atoms with Gasteiger partial charge in [-0.1, -0.05) is 50.8 Å². The number of unbranched alkanes of at least 4 members (excludes halogenated alkanes) is 1. The molecule has 0 bridgehead atoms. The number of hydrogen-bond acceptors (Lipinski definition) is 1. The Morgan fingerprint density at radius 3 is 2.67 bits per heavy atom. The van der Waals surface area contributed by atoms with Crippen molar-refractivity contribution in [2.24, 2.45) is 5.92 Å². The van der Waals surface area contributed by atoms with E-state index in [1.54, 1.807) is 0 Å². The topological polar surface area (TPSA) is 17.8 Å². The van der Waals surface area contributed by atoms with E-state index in [1.165, 1.54) is 25.7 Å². The number of halogens is 2. The molecule has 1 heterocycles. The number of nitrogens with zero attached hydrogens (tertiary/aromatic N) is 2. The van der Waals surface area contributed by atoms with Gasteiger partial charge in [-0.05, 0) is 31.4 Å². The van der Waals surface area contributed by atoms with Crippen molar-refractivity contribution in [2.75, 3.05) is 0 Å². The van der Waals surface area contributed by atoms with Crippen molar-refractivity contribution in [3.8, 4) is 0 Å². The number of alkyl halides is 1. The third kappa shape index (κ3) is 3.73. The molecule has 0 saturated heterocycles. The molecular formula is C17H24Cl2N2. The van der Waals surface area contributed by atoms with Crippen molar-refractivity contribution >= 4 is 34.2 Å². The molecule has 4 heteroatoms. The van der Waals surface area contributed by atoms with Gasteiger partial charge in [0, 0.05) is 6.54 Å². The van der Waals surface area contributed by atoms with E-state index < -0.39 is 0 Å². The van der Waals surface area contributed by atoms with Gasteiger partial charge in [0.25, 0.3) is 0 Å². The van der Waals surface area contributed by atoms with Gasteiger partial charge >= 0.3 is 0 Å². The maximum Gasteiger partial charge on any atom is 0.127 e. The molecule has 0 aliphatic rings. The smallest absolute Gasteiger partial charge is 0.127 e. The van der Waals surface area contributed by atoms with Crippen LogP contribution in [0.4, 0.5) is 0 Å². The van der Waals surface area contributed by atoms with Crippen LogP contribution in [0.25, 0.3) is 11.0 Å². The van der Waals surface area contributed by atoms with Crippen molar-refractivity contribution < 1.29 is 0 Å². The van der Waals surface area contributed by atoms with Crippen LogP contribution in [0.3, 0.4) is 0 Å². The van der Waals surface area contributed by atoms with Crippen molar-refractivity contribution in [1.29, 1.82) is 0 Å². The molecule has 0 fully saturated rings. The lowest BCUT2D eigenvalue weighted by Gasteiger charge is -2.19. The van der Waals surface area contributed by atoms with Crippen molar-refractivity contribution in [3.63, 3.8) is 0 Å². The van der Waals surface area contributed by atoms with Gasteiger partial charge in [-0.2, -0.15) is 0 Å². The van der Waals surface area contributed by atoms with Crippen LogP contribution in [-0.4, -0.2) is 9.55 Å². The van der Waals surface area contributed by atoms with E-state index in [2.05, 4.69) is 23.4 Å². The zero-order valence-electron chi connectivity index (χ0n) is 13.1. The second-order valence-corrected chi connectivity index (χ2v) is 6.78. The minimum absolute atomic E-state index is 0.114. The molecule has 116 valence electrons. The second kappa shape index (κ2) is 7.51. The molecule has 1 aromatic heterocycles. The molecule has 2 unspecified atom stereocenters. The summed E-state index contributed by atoms with van der Waals surface area (Å²) in [6, 6.07) is 5.88. The summed E-state index contributed by atoms with van der Waals surface area (Å²) in [6.45, 7) is 7.41. The number of rotatable bonds is 7. The van der Waals surface area contributed by atoms with E-state index in [4.69, 9.17) is 23.2 Å². The molecule has 0 N–H and O–H groups in total. The lowest BCUT2D eigenvalue weighted by atomic mass is 9.99. The van der Waals surface area contributed by atoms with Gasteiger partial charge in [0.05, 0.1) is 21.4 Å². The van der Waals surface area contributed by atoms with Gasteiger partial charge in [0.15, 0.2) is 0 Å². The van der Waals surface area contributed by atoms with Crippen LogP contribution in [0, 0.1) is 5.92 Å². The fourth-order valence-corrected chi connectivity index (χ4v) is 3.26. The number of benzene rings is 1. The quantitative estimate of drug-likeness (QED) is 0.553. The monoisotopic (exact) mass is 326 g/mol. The van der Waals surface area contributed by atoms with Gasteiger partial charge in [0.2, 0.25) is 0 Å². The zero-order chi connectivity index (χ0) is 15.4. The first-order chi connectivity index (χ1) is 10.1. The van der Waals surface area contributed by atoms with E-state index in [0.29, 0.717) is 5.92 Å². The van der Waals surface area contributed by atoms with Gasteiger partial charge in [-0.15, -0.1) is 11.6 Å². The van der Waals surface area contributed by atoms with Gasteiger partial charge < -0.3 is 4.57 Å². The standard InChI is InChI=1S/C17H24Cl2N2/c1-4-6-8-13(5-2)11-21-16-14(19)9-7-10-15(16)20-17(21)12(3)18/h7,9-10,12-13H,4-6,8,11H2,1-3H3. The van der Waals surface area contributed by atoms with Gasteiger partial charge in [-0.3, -0.25) is 0 Å². The average Bonchev–Trinajstić information content (AvgIpc) is 2.83. The number of para-hydroxylation sites is 1. The Balaban J connectivity index is 2.42. The Labute approximate surface area is 137 Å². The van der Waals surface area contributed by atoms with Gasteiger partial charge in [-0.25, -0.2) is 4.98 Å². The Hall–Kier alpha value is -0.730. The highest BCUT2D eigenvalue weighted by molar-refractivity contribution is 6.35. The summed E-state index contributed by atoms with van der Waals surface area (Å²) in [4.78, 5) is 4.69. The first-order valence-corrected chi connectivity index (χ1v) is 8.68. The molecule has 1 aromatic carbocycles. The van der Waals surface area contributed by atoms with Crippen LogP contribution in [0.15, 0.2) is 18.2 Å². The van der Waals surface area contributed by atoms with Crippen molar-refractivity contribution in [3.05, 3.63) is 29.0 Å². The van der Waals surface area contributed by atoms with Crippen LogP contribution in [0.2, 0.25) is 5.02 Å². The maximum atomic E-state index is 6.41. The maximum absolute atomic E-state index is 6.41. The summed E-state index contributed by atoms with van der Waals surface area (Å²) in [5.74, 6) is 1.57. The lowest BCUT2D eigenvalue weighted by molar-refractivity contribution is 0.389. The largest absolute Gasteiger partial charge is 0.325 e. The number of hydrogen-bond donors (Lipinski definition) is 0. The Kier molecular flexibility index (Phi) is 5.95. The molecular weight excluding hydrogens is 303 g/mol. The summed E-state index contributed by atoms with van der Waals surface area (Å²) >= 11 is 12.7. The highest BCUT2D eigenvalue weighted by Crippen LogP contribution is 2.31. The zero-order valence-corrected chi connectivity index (χ0v) is 14.6. The molecule has 0 amide bonds. The fraction of sp³-hybridized carbons (Fsp3) is 0.588. The molecule has 0 aliphatic carbocycles. The molecule has 0 aliphatic heterocycles. The molecule has 2 atom stereocenters. The number of aromatic nitrogens is 2. The molecule has 2 aromatic rings. The molecule has 2 rings (SSSR count). The molecule has 0 radical (unpaired) electrons. The Morgan fingerprint density at radius 1 is 1.29 bits per heavy atom. The Bertz CT molecular complexity index is 590. The van der Waals surface area contributed by atoms with Crippen LogP contribution in [0.5, 0.6) is 0 Å². The fourth-order valence-electron chi connectivity index (χ4n) is 2.82. The predicted molar refractivity (Wildman–Crippen MR) is 92.3 cm³/mol. The highest BCUT2D eigenvalue weighted by atomic mass is 35.5. The predicted octanol–water partition coefficient (Wildman–Crippen LogP) is 6.21. The van der Waals surface area contributed by atoms with E-state index in [1.807, 2.05) is 25.1 Å². The number of imidazole rings is 1. The minimum atomic E-state index is -0.114. The molecule has 0 spiro atoms. The van der Waals surface area contributed by atoms with Crippen LogP contribution < -0.4 is 0 Å². The third-order valence-electron chi connectivity index (χ3n) is 4.09. The summed E-state index contributed by atoms with van der Waals surface area (Å²) in [7, 11) is 0. The summed E-state index contributed by atoms with van der Waals surface area (Å²) in [5, 5.41) is 0.644. The summed E-state index contributed by atoms with van der Waals surface area (Å²) in [6.07, 6.45) is 4.92. The summed E-state index contributed by atoms with van der Waals surface area (Å²) < 4.78 is 2.24. The minimum Gasteiger partial charge on any atom is -0.325 e. The molecule has 0 saturated carbocycles. The Morgan fingerprint density at radius 2 is 2.05 bits per heavy atom. The molecule has 21 heavy (non-hydrogen) atoms. The summed E-state index contributed by atoms with van der Waals surface area (Å²) in [5.41, 5.74) is 1.96. The van der Waals surface area contributed by atoms with Crippen LogP contribution in [0.1, 0.15) is 57.7 Å².